The number of halogens is 1. The van der Waals surface area contributed by atoms with Crippen LogP contribution in [0.25, 0.3) is 11.3 Å². The molecule has 1 N–H and O–H groups in total. The number of nitrogens with one attached hydrogen (secondary N) is 1. The van der Waals surface area contributed by atoms with Crippen LogP contribution < -0.4 is 10.1 Å². The van der Waals surface area contributed by atoms with E-state index in [-0.39, 0.29) is 5.75 Å². The molecule has 0 bridgehead atoms. The van der Waals surface area contributed by atoms with Crippen molar-refractivity contribution in [3.63, 3.8) is 0 Å². The third-order valence-electron chi connectivity index (χ3n) is 4.03. The number of hydrogen-bond acceptors (Lipinski definition) is 6. The van der Waals surface area contributed by atoms with Gasteiger partial charge in [0.15, 0.2) is 11.7 Å². The maximum atomic E-state index is 13.3. The molecule has 0 radical (unpaired) electrons. The number of thiazole rings is 1. The summed E-state index contributed by atoms with van der Waals surface area (Å²) in [4.78, 5) is 26.7. The molecule has 9 heteroatoms. The van der Waals surface area contributed by atoms with Crippen LogP contribution in [0.2, 0.25) is 0 Å². The van der Waals surface area contributed by atoms with Crippen molar-refractivity contribution in [2.24, 2.45) is 0 Å². The molecule has 0 aliphatic heterocycles. The Morgan fingerprint density at radius 3 is 2.75 bits per heavy atom. The minimum absolute atomic E-state index is 0.310. The fourth-order valence-corrected chi connectivity index (χ4v) is 3.15. The molecule has 0 unspecified atom stereocenters. The lowest BCUT2D eigenvalue weighted by Gasteiger charge is -2.06. The first-order valence-corrected chi connectivity index (χ1v) is 9.11. The molecule has 0 atom stereocenters. The summed E-state index contributed by atoms with van der Waals surface area (Å²) in [5, 5.41) is 15.7. The van der Waals surface area contributed by atoms with Gasteiger partial charge in [0.25, 0.3) is 5.91 Å². The molecule has 7 nitrogen and oxygen atoms in total. The Morgan fingerprint density at radius 2 is 2.04 bits per heavy atom. The van der Waals surface area contributed by atoms with Gasteiger partial charge < -0.3 is 4.74 Å². The largest absolute Gasteiger partial charge is 0.477 e. The number of amides is 1. The van der Waals surface area contributed by atoms with E-state index in [1.165, 1.54) is 16.9 Å². The lowest BCUT2D eigenvalue weighted by atomic mass is 10.1. The average Bonchev–Trinajstić information content (AvgIpc) is 3.10. The molecule has 0 saturated carbocycles. The standard InChI is InChI=1S/C19H16FN3O4S/c1-11-3-4-13(7-12(11)2)15-10-28-19(21-15)22-18(24)9-27-17-8-14(20)5-6-16(17)23(25)26/h3-8,10H,9H2,1-2H3,(H,21,22,24). The quantitative estimate of drug-likeness (QED) is 0.485. The molecule has 0 aliphatic carbocycles. The van der Waals surface area contributed by atoms with E-state index in [0.29, 0.717) is 5.13 Å². The summed E-state index contributed by atoms with van der Waals surface area (Å²) >= 11 is 1.25. The zero-order valence-corrected chi connectivity index (χ0v) is 15.9. The van der Waals surface area contributed by atoms with E-state index in [1.807, 2.05) is 37.4 Å². The van der Waals surface area contributed by atoms with E-state index in [0.717, 1.165) is 35.0 Å². The van der Waals surface area contributed by atoms with Gasteiger partial charge in [-0.25, -0.2) is 9.37 Å². The Labute approximate surface area is 164 Å². The van der Waals surface area contributed by atoms with Crippen molar-refractivity contribution in [1.29, 1.82) is 0 Å². The first kappa shape index (κ1) is 19.4. The Morgan fingerprint density at radius 1 is 1.25 bits per heavy atom. The summed E-state index contributed by atoms with van der Waals surface area (Å²) in [5.41, 5.74) is 3.56. The second-order valence-electron chi connectivity index (χ2n) is 6.04. The van der Waals surface area contributed by atoms with Crippen LogP contribution >= 0.6 is 11.3 Å². The highest BCUT2D eigenvalue weighted by Gasteiger charge is 2.17. The normalized spacial score (nSPS) is 10.5. The van der Waals surface area contributed by atoms with Crippen LogP contribution in [0.15, 0.2) is 41.8 Å². The summed E-state index contributed by atoms with van der Waals surface area (Å²) in [6.07, 6.45) is 0. The van der Waals surface area contributed by atoms with E-state index in [2.05, 4.69) is 10.3 Å². The van der Waals surface area contributed by atoms with Crippen LogP contribution in [0, 0.1) is 29.8 Å². The van der Waals surface area contributed by atoms with Crippen LogP contribution in [0.4, 0.5) is 15.2 Å². The number of aryl methyl sites for hydroxylation is 2. The fraction of sp³-hybridized carbons (Fsp3) is 0.158. The number of benzene rings is 2. The average molecular weight is 401 g/mol. The molecule has 0 fully saturated rings. The van der Waals surface area contributed by atoms with E-state index < -0.39 is 28.9 Å². The van der Waals surface area contributed by atoms with Gasteiger partial charge in [0.2, 0.25) is 5.75 Å². The zero-order chi connectivity index (χ0) is 20.3. The summed E-state index contributed by atoms with van der Waals surface area (Å²) in [6.45, 7) is 3.52. The van der Waals surface area contributed by atoms with Crippen molar-refractivity contribution in [3.05, 3.63) is 68.8 Å². The van der Waals surface area contributed by atoms with Gasteiger partial charge in [0, 0.05) is 23.1 Å². The summed E-state index contributed by atoms with van der Waals surface area (Å²) in [6, 6.07) is 8.78. The number of ether oxygens (including phenoxy) is 1. The van der Waals surface area contributed by atoms with E-state index in [1.54, 1.807) is 0 Å². The third-order valence-corrected chi connectivity index (χ3v) is 4.79. The number of carbonyl (C=O) groups is 1. The van der Waals surface area contributed by atoms with Crippen LogP contribution in [0.1, 0.15) is 11.1 Å². The summed E-state index contributed by atoms with van der Waals surface area (Å²) < 4.78 is 18.4. The van der Waals surface area contributed by atoms with Gasteiger partial charge in [-0.2, -0.15) is 0 Å². The second-order valence-corrected chi connectivity index (χ2v) is 6.90. The molecular formula is C19H16FN3O4S. The summed E-state index contributed by atoms with van der Waals surface area (Å²) in [7, 11) is 0. The van der Waals surface area contributed by atoms with Crippen LogP contribution in [-0.4, -0.2) is 22.4 Å². The molecule has 28 heavy (non-hydrogen) atoms. The van der Waals surface area contributed by atoms with Crippen molar-refractivity contribution in [2.75, 3.05) is 11.9 Å². The number of hydrogen-bond donors (Lipinski definition) is 1. The fourth-order valence-electron chi connectivity index (χ4n) is 2.42. The second kappa shape index (κ2) is 8.13. The number of anilines is 1. The molecule has 0 saturated heterocycles. The number of nitro benzene ring substituents is 1. The molecular weight excluding hydrogens is 385 g/mol. The molecule has 0 aliphatic rings. The van der Waals surface area contributed by atoms with E-state index >= 15 is 0 Å². The predicted molar refractivity (Wildman–Crippen MR) is 104 cm³/mol. The van der Waals surface area contributed by atoms with Crippen molar-refractivity contribution in [1.82, 2.24) is 4.98 Å². The Hall–Kier alpha value is -3.33. The Balaban J connectivity index is 1.65. The van der Waals surface area contributed by atoms with Gasteiger partial charge in [-0.1, -0.05) is 12.1 Å². The van der Waals surface area contributed by atoms with Crippen LogP contribution in [-0.2, 0) is 4.79 Å². The first-order valence-electron chi connectivity index (χ1n) is 8.23. The smallest absolute Gasteiger partial charge is 0.311 e. The zero-order valence-electron chi connectivity index (χ0n) is 15.1. The van der Waals surface area contributed by atoms with Crippen molar-refractivity contribution in [3.8, 4) is 17.0 Å². The number of aromatic nitrogens is 1. The van der Waals surface area contributed by atoms with E-state index in [4.69, 9.17) is 4.74 Å². The van der Waals surface area contributed by atoms with Crippen molar-refractivity contribution < 1.29 is 18.8 Å². The molecule has 3 rings (SSSR count). The monoisotopic (exact) mass is 401 g/mol. The van der Waals surface area contributed by atoms with E-state index in [9.17, 15) is 19.3 Å². The highest BCUT2D eigenvalue weighted by molar-refractivity contribution is 7.14. The molecule has 1 amide bonds. The summed E-state index contributed by atoms with van der Waals surface area (Å²) in [5.74, 6) is -1.56. The molecule has 144 valence electrons. The number of carbonyl (C=O) groups excluding carboxylic acids is 1. The van der Waals surface area contributed by atoms with Crippen LogP contribution in [0.5, 0.6) is 5.75 Å². The van der Waals surface area contributed by atoms with Crippen molar-refractivity contribution >= 4 is 28.1 Å². The molecule has 2 aromatic carbocycles. The first-order chi connectivity index (χ1) is 13.3. The van der Waals surface area contributed by atoms with Gasteiger partial charge in [0.1, 0.15) is 5.82 Å². The maximum Gasteiger partial charge on any atom is 0.311 e. The number of nitro groups is 1. The Bertz CT molecular complexity index is 1050. The maximum absolute atomic E-state index is 13.3. The number of nitrogens with zero attached hydrogens (tertiary/aromatic N) is 2. The minimum Gasteiger partial charge on any atom is -0.477 e. The lowest BCUT2D eigenvalue weighted by Crippen LogP contribution is -2.20. The molecule has 1 heterocycles. The number of rotatable bonds is 6. The van der Waals surface area contributed by atoms with Gasteiger partial charge in [-0.15, -0.1) is 11.3 Å². The Kier molecular flexibility index (Phi) is 5.65. The topological polar surface area (TPSA) is 94.4 Å². The van der Waals surface area contributed by atoms with Gasteiger partial charge in [-0.05, 0) is 37.1 Å². The highest BCUT2D eigenvalue weighted by atomic mass is 32.1. The third kappa shape index (κ3) is 4.49. The van der Waals surface area contributed by atoms with Crippen LogP contribution in [0.3, 0.4) is 0 Å². The molecule has 3 aromatic rings. The van der Waals surface area contributed by atoms with Gasteiger partial charge in [0.05, 0.1) is 10.6 Å². The molecule has 1 aromatic heterocycles. The SMILES string of the molecule is Cc1ccc(-c2csc(NC(=O)COc3cc(F)ccc3[N+](=O)[O-])n2)cc1C. The predicted octanol–water partition coefficient (Wildman–Crippen LogP) is 4.49. The minimum atomic E-state index is -0.705. The highest BCUT2D eigenvalue weighted by Crippen LogP contribution is 2.28. The lowest BCUT2D eigenvalue weighted by molar-refractivity contribution is -0.385. The molecule has 0 spiro atoms. The van der Waals surface area contributed by atoms with Gasteiger partial charge >= 0.3 is 5.69 Å². The van der Waals surface area contributed by atoms with Crippen molar-refractivity contribution in [2.45, 2.75) is 13.8 Å². The van der Waals surface area contributed by atoms with Gasteiger partial charge in [-0.3, -0.25) is 20.2 Å².